The number of nitrogens with one attached hydrogen (secondary N) is 2. The summed E-state index contributed by atoms with van der Waals surface area (Å²) in [4.78, 5) is 30.4. The van der Waals surface area contributed by atoms with Gasteiger partial charge in [0.2, 0.25) is 5.91 Å². The molecule has 6 nitrogen and oxygen atoms in total. The van der Waals surface area contributed by atoms with Gasteiger partial charge >= 0.3 is 0 Å². The summed E-state index contributed by atoms with van der Waals surface area (Å²) < 4.78 is 5.62. The molecule has 148 valence electrons. The monoisotopic (exact) mass is 425 g/mol. The number of carbonyl (C=O) groups is 2. The summed E-state index contributed by atoms with van der Waals surface area (Å²) in [6, 6.07) is 10.9. The second-order valence-electron chi connectivity index (χ2n) is 6.64. The summed E-state index contributed by atoms with van der Waals surface area (Å²) in [6.45, 7) is 2.16. The first-order valence-electron chi connectivity index (χ1n) is 9.18. The highest BCUT2D eigenvalue weighted by Gasteiger charge is 2.38. The fraction of sp³-hybridized carbons (Fsp3) is 0.190. The highest BCUT2D eigenvalue weighted by molar-refractivity contribution is 8.26. The third-order valence-corrected chi connectivity index (χ3v) is 6.11. The van der Waals surface area contributed by atoms with Crippen LogP contribution in [0.1, 0.15) is 18.2 Å². The summed E-state index contributed by atoms with van der Waals surface area (Å²) in [5.41, 5.74) is 2.21. The van der Waals surface area contributed by atoms with Crippen LogP contribution >= 0.6 is 24.0 Å². The molecule has 1 aromatic carbocycles. The minimum absolute atomic E-state index is 0.236. The first-order valence-corrected chi connectivity index (χ1v) is 10.4. The molecule has 29 heavy (non-hydrogen) atoms. The van der Waals surface area contributed by atoms with Gasteiger partial charge in [-0.05, 0) is 37.1 Å². The number of amides is 2. The number of nitrogens with zero attached hydrogens (tertiary/aromatic N) is 1. The first-order chi connectivity index (χ1) is 14.0. The molecule has 1 atom stereocenters. The minimum Gasteiger partial charge on any atom is -0.465 e. The van der Waals surface area contributed by atoms with Crippen molar-refractivity contribution in [3.63, 3.8) is 0 Å². The molecule has 0 spiro atoms. The van der Waals surface area contributed by atoms with Gasteiger partial charge in [-0.15, -0.1) is 0 Å². The van der Waals surface area contributed by atoms with Crippen molar-refractivity contribution in [2.24, 2.45) is 0 Å². The highest BCUT2D eigenvalue weighted by Crippen LogP contribution is 2.34. The Morgan fingerprint density at radius 3 is 2.97 bits per heavy atom. The number of furan rings is 1. The van der Waals surface area contributed by atoms with Crippen molar-refractivity contribution < 1.29 is 14.0 Å². The molecule has 1 saturated heterocycles. The number of aromatic amines is 1. The number of aromatic nitrogens is 1. The Kier molecular flexibility index (Phi) is 5.55. The molecular formula is C21H19N3O3S2. The number of fused-ring (bicyclic) bond motifs is 1. The van der Waals surface area contributed by atoms with E-state index in [1.54, 1.807) is 25.1 Å². The Hall–Kier alpha value is -2.84. The summed E-state index contributed by atoms with van der Waals surface area (Å²) >= 11 is 6.50. The molecule has 1 aliphatic rings. The number of hydrogen-bond acceptors (Lipinski definition) is 5. The lowest BCUT2D eigenvalue weighted by molar-refractivity contribution is -0.132. The zero-order chi connectivity index (χ0) is 20.4. The van der Waals surface area contributed by atoms with Crippen LogP contribution in [0.4, 0.5) is 0 Å². The molecule has 2 amide bonds. The first kappa shape index (κ1) is 19.5. The number of rotatable bonds is 6. The summed E-state index contributed by atoms with van der Waals surface area (Å²) in [6.07, 6.45) is 5.83. The number of H-pyrrole nitrogens is 1. The summed E-state index contributed by atoms with van der Waals surface area (Å²) in [5.74, 6) is 0.0532. The normalized spacial score (nSPS) is 16.7. The third kappa shape index (κ3) is 3.99. The van der Waals surface area contributed by atoms with Crippen molar-refractivity contribution in [3.05, 3.63) is 65.1 Å². The number of para-hydroxylation sites is 1. The second kappa shape index (κ2) is 8.26. The van der Waals surface area contributed by atoms with E-state index in [-0.39, 0.29) is 11.8 Å². The maximum Gasteiger partial charge on any atom is 0.267 e. The Labute approximate surface area is 177 Å². The zero-order valence-corrected chi connectivity index (χ0v) is 17.3. The zero-order valence-electron chi connectivity index (χ0n) is 15.7. The van der Waals surface area contributed by atoms with E-state index in [1.165, 1.54) is 22.9 Å². The number of carbonyl (C=O) groups excluding carboxylic acids is 2. The van der Waals surface area contributed by atoms with Crippen LogP contribution in [0.3, 0.4) is 0 Å². The number of hydrogen-bond donors (Lipinski definition) is 2. The fourth-order valence-electron chi connectivity index (χ4n) is 3.24. The largest absolute Gasteiger partial charge is 0.465 e. The van der Waals surface area contributed by atoms with Crippen LogP contribution in [0.15, 0.2) is 58.2 Å². The molecular weight excluding hydrogens is 406 g/mol. The molecule has 3 heterocycles. The van der Waals surface area contributed by atoms with Gasteiger partial charge in [-0.3, -0.25) is 14.5 Å². The molecule has 4 rings (SSSR count). The van der Waals surface area contributed by atoms with E-state index < -0.39 is 6.04 Å². The van der Waals surface area contributed by atoms with Crippen molar-refractivity contribution in [2.75, 3.05) is 6.54 Å². The summed E-state index contributed by atoms with van der Waals surface area (Å²) in [5, 5.41) is 4.06. The van der Waals surface area contributed by atoms with Crippen molar-refractivity contribution in [1.29, 1.82) is 0 Å². The molecule has 2 aromatic heterocycles. The SMILES string of the molecule is CC(C(=O)NCCc1c[nH]c2ccccc12)N1C(=O)/C(=C/c2ccco2)SC1=S. The Morgan fingerprint density at radius 1 is 1.34 bits per heavy atom. The van der Waals surface area contributed by atoms with Crippen molar-refractivity contribution in [2.45, 2.75) is 19.4 Å². The van der Waals surface area contributed by atoms with Crippen LogP contribution in [-0.4, -0.2) is 38.6 Å². The van der Waals surface area contributed by atoms with Gasteiger partial charge in [-0.25, -0.2) is 0 Å². The average Bonchev–Trinajstić information content (AvgIpc) is 3.43. The number of thioether (sulfide) groups is 1. The molecule has 0 radical (unpaired) electrons. The maximum absolute atomic E-state index is 12.7. The molecule has 0 bridgehead atoms. The molecule has 1 fully saturated rings. The molecule has 2 N–H and O–H groups in total. The van der Waals surface area contributed by atoms with Crippen molar-refractivity contribution in [1.82, 2.24) is 15.2 Å². The molecule has 1 aliphatic heterocycles. The predicted molar refractivity (Wildman–Crippen MR) is 118 cm³/mol. The van der Waals surface area contributed by atoms with E-state index in [1.807, 2.05) is 24.4 Å². The van der Waals surface area contributed by atoms with E-state index >= 15 is 0 Å². The predicted octanol–water partition coefficient (Wildman–Crippen LogP) is 3.71. The van der Waals surface area contributed by atoms with Crippen LogP contribution in [0.25, 0.3) is 17.0 Å². The number of thiocarbonyl (C=S) groups is 1. The fourth-order valence-corrected chi connectivity index (χ4v) is 4.64. The lowest BCUT2D eigenvalue weighted by Gasteiger charge is -2.22. The van der Waals surface area contributed by atoms with E-state index in [2.05, 4.69) is 16.4 Å². The van der Waals surface area contributed by atoms with Crippen LogP contribution < -0.4 is 5.32 Å². The van der Waals surface area contributed by atoms with Gasteiger partial charge in [0, 0.05) is 29.7 Å². The molecule has 3 aromatic rings. The Bertz CT molecular complexity index is 1100. The van der Waals surface area contributed by atoms with Gasteiger partial charge in [0.1, 0.15) is 16.1 Å². The molecule has 1 unspecified atom stereocenters. The van der Waals surface area contributed by atoms with E-state index in [0.29, 0.717) is 28.0 Å². The Morgan fingerprint density at radius 2 is 2.17 bits per heavy atom. The molecule has 0 saturated carbocycles. The second-order valence-corrected chi connectivity index (χ2v) is 8.32. The van der Waals surface area contributed by atoms with E-state index in [0.717, 1.165) is 16.5 Å². The standard InChI is InChI=1S/C21H19N3O3S2/c1-13(24-20(26)18(29-21(24)28)11-15-5-4-10-27-15)19(25)22-9-8-14-12-23-17-7-3-2-6-16(14)17/h2-7,10-13,23H,8-9H2,1H3,(H,22,25)/b18-11-. The maximum atomic E-state index is 12.7. The van der Waals surface area contributed by atoms with Crippen LogP contribution in [0.5, 0.6) is 0 Å². The van der Waals surface area contributed by atoms with Crippen LogP contribution in [-0.2, 0) is 16.0 Å². The van der Waals surface area contributed by atoms with Gasteiger partial charge in [-0.2, -0.15) is 0 Å². The topological polar surface area (TPSA) is 78.3 Å². The quantitative estimate of drug-likeness (QED) is 0.465. The van der Waals surface area contributed by atoms with Crippen LogP contribution in [0.2, 0.25) is 0 Å². The van der Waals surface area contributed by atoms with Gasteiger partial charge in [0.25, 0.3) is 5.91 Å². The van der Waals surface area contributed by atoms with Gasteiger partial charge < -0.3 is 14.7 Å². The van der Waals surface area contributed by atoms with Crippen molar-refractivity contribution in [3.8, 4) is 0 Å². The molecule has 8 heteroatoms. The highest BCUT2D eigenvalue weighted by atomic mass is 32.2. The number of benzene rings is 1. The average molecular weight is 426 g/mol. The van der Waals surface area contributed by atoms with E-state index in [9.17, 15) is 9.59 Å². The lowest BCUT2D eigenvalue weighted by atomic mass is 10.1. The summed E-state index contributed by atoms with van der Waals surface area (Å²) in [7, 11) is 0. The van der Waals surface area contributed by atoms with Gasteiger partial charge in [0.15, 0.2) is 0 Å². The van der Waals surface area contributed by atoms with Crippen LogP contribution in [0, 0.1) is 0 Å². The molecule has 0 aliphatic carbocycles. The third-order valence-electron chi connectivity index (χ3n) is 4.78. The Balaban J connectivity index is 1.37. The van der Waals surface area contributed by atoms with E-state index in [4.69, 9.17) is 16.6 Å². The van der Waals surface area contributed by atoms with Gasteiger partial charge in [-0.1, -0.05) is 42.2 Å². The van der Waals surface area contributed by atoms with Crippen molar-refractivity contribution >= 4 is 57.1 Å². The lowest BCUT2D eigenvalue weighted by Crippen LogP contribution is -2.47. The minimum atomic E-state index is -0.687. The smallest absolute Gasteiger partial charge is 0.267 e. The van der Waals surface area contributed by atoms with Gasteiger partial charge in [0.05, 0.1) is 11.2 Å².